The fourth-order valence-corrected chi connectivity index (χ4v) is 3.36. The molecule has 25 heavy (non-hydrogen) atoms. The number of carbonyl (C=O) groups excluding carboxylic acids is 1. The monoisotopic (exact) mass is 375 g/mol. The SMILES string of the molecule is CCn1ncc(Cl)c1CNC(=O)c1cc(COc2ccccc2)cs1. The summed E-state index contributed by atoms with van der Waals surface area (Å²) >= 11 is 7.50. The maximum atomic E-state index is 12.3. The number of halogens is 1. The first kappa shape index (κ1) is 17.5. The average molecular weight is 376 g/mol. The molecule has 5 nitrogen and oxygen atoms in total. The molecule has 0 aliphatic rings. The van der Waals surface area contributed by atoms with E-state index in [4.69, 9.17) is 16.3 Å². The molecule has 2 aromatic heterocycles. The molecule has 0 unspecified atom stereocenters. The number of amides is 1. The Hall–Kier alpha value is -2.31. The van der Waals surface area contributed by atoms with E-state index in [0.29, 0.717) is 29.6 Å². The third-order valence-corrected chi connectivity index (χ3v) is 4.93. The molecule has 0 saturated carbocycles. The van der Waals surface area contributed by atoms with Gasteiger partial charge in [-0.2, -0.15) is 5.10 Å². The number of carbonyl (C=O) groups is 1. The van der Waals surface area contributed by atoms with Crippen molar-refractivity contribution in [1.82, 2.24) is 15.1 Å². The molecule has 1 N–H and O–H groups in total. The van der Waals surface area contributed by atoms with Crippen LogP contribution < -0.4 is 10.1 Å². The van der Waals surface area contributed by atoms with Gasteiger partial charge >= 0.3 is 0 Å². The lowest BCUT2D eigenvalue weighted by Gasteiger charge is -2.07. The summed E-state index contributed by atoms with van der Waals surface area (Å²) in [6.07, 6.45) is 1.59. The summed E-state index contributed by atoms with van der Waals surface area (Å²) in [6.45, 7) is 3.46. The van der Waals surface area contributed by atoms with Crippen molar-refractivity contribution in [3.63, 3.8) is 0 Å². The smallest absolute Gasteiger partial charge is 0.261 e. The minimum Gasteiger partial charge on any atom is -0.489 e. The molecule has 130 valence electrons. The zero-order valence-electron chi connectivity index (χ0n) is 13.7. The Morgan fingerprint density at radius 2 is 2.16 bits per heavy atom. The van der Waals surface area contributed by atoms with Gasteiger partial charge in [0.2, 0.25) is 0 Å². The van der Waals surface area contributed by atoms with E-state index < -0.39 is 0 Å². The van der Waals surface area contributed by atoms with E-state index in [2.05, 4.69) is 10.4 Å². The second-order valence-corrected chi connectivity index (χ2v) is 6.68. The third kappa shape index (κ3) is 4.41. The van der Waals surface area contributed by atoms with Crippen LogP contribution in [-0.4, -0.2) is 15.7 Å². The van der Waals surface area contributed by atoms with E-state index in [1.165, 1.54) is 11.3 Å². The zero-order chi connectivity index (χ0) is 17.6. The first-order valence-electron chi connectivity index (χ1n) is 7.91. The molecule has 1 aromatic carbocycles. The second-order valence-electron chi connectivity index (χ2n) is 5.36. The van der Waals surface area contributed by atoms with Crippen LogP contribution in [0.15, 0.2) is 48.0 Å². The Kier molecular flexibility index (Phi) is 5.73. The summed E-state index contributed by atoms with van der Waals surface area (Å²) in [5.41, 5.74) is 1.78. The van der Waals surface area contributed by atoms with Crippen LogP contribution in [0.5, 0.6) is 5.75 Å². The number of rotatable bonds is 7. The van der Waals surface area contributed by atoms with Crippen LogP contribution in [0, 0.1) is 0 Å². The standard InChI is InChI=1S/C18H18ClN3O2S/c1-2-22-16(15(19)9-21-22)10-20-18(23)17-8-13(12-25-17)11-24-14-6-4-3-5-7-14/h3-9,12H,2,10-11H2,1H3,(H,20,23). The number of nitrogens with one attached hydrogen (secondary N) is 1. The third-order valence-electron chi connectivity index (χ3n) is 3.64. The molecule has 3 rings (SSSR count). The molecule has 0 radical (unpaired) electrons. The van der Waals surface area contributed by atoms with Crippen LogP contribution >= 0.6 is 22.9 Å². The van der Waals surface area contributed by atoms with E-state index >= 15 is 0 Å². The maximum Gasteiger partial charge on any atom is 0.261 e. The lowest BCUT2D eigenvalue weighted by atomic mass is 10.3. The number of nitrogens with zero attached hydrogens (tertiary/aromatic N) is 2. The summed E-state index contributed by atoms with van der Waals surface area (Å²) in [5, 5.41) is 9.54. The first-order valence-corrected chi connectivity index (χ1v) is 9.16. The van der Waals surface area contributed by atoms with E-state index in [9.17, 15) is 4.79 Å². The van der Waals surface area contributed by atoms with Crippen LogP contribution in [0.4, 0.5) is 0 Å². The number of aromatic nitrogens is 2. The summed E-state index contributed by atoms with van der Waals surface area (Å²) in [6, 6.07) is 11.4. The number of benzene rings is 1. The van der Waals surface area contributed by atoms with Crippen LogP contribution in [0.25, 0.3) is 0 Å². The highest BCUT2D eigenvalue weighted by molar-refractivity contribution is 7.12. The molecular formula is C18H18ClN3O2S. The Morgan fingerprint density at radius 3 is 2.92 bits per heavy atom. The Labute approximate surface area is 155 Å². The summed E-state index contributed by atoms with van der Waals surface area (Å²) in [4.78, 5) is 13.0. The fourth-order valence-electron chi connectivity index (χ4n) is 2.34. The van der Waals surface area contributed by atoms with Gasteiger partial charge in [0, 0.05) is 12.1 Å². The van der Waals surface area contributed by atoms with E-state index in [1.54, 1.807) is 10.9 Å². The topological polar surface area (TPSA) is 56.2 Å². The predicted molar refractivity (Wildman–Crippen MR) is 99.2 cm³/mol. The van der Waals surface area contributed by atoms with Gasteiger partial charge in [0.05, 0.1) is 28.3 Å². The van der Waals surface area contributed by atoms with Crippen LogP contribution in [-0.2, 0) is 19.7 Å². The normalized spacial score (nSPS) is 10.6. The minimum absolute atomic E-state index is 0.129. The highest BCUT2D eigenvalue weighted by atomic mass is 35.5. The van der Waals surface area contributed by atoms with Crippen LogP contribution in [0.2, 0.25) is 5.02 Å². The summed E-state index contributed by atoms with van der Waals surface area (Å²) < 4.78 is 7.47. The van der Waals surface area contributed by atoms with E-state index in [1.807, 2.05) is 48.7 Å². The van der Waals surface area contributed by atoms with Crippen molar-refractivity contribution in [2.75, 3.05) is 0 Å². The van der Waals surface area contributed by atoms with Crippen molar-refractivity contribution in [3.05, 3.63) is 69.1 Å². The first-order chi connectivity index (χ1) is 12.2. The molecule has 0 aliphatic heterocycles. The molecular weight excluding hydrogens is 358 g/mol. The number of para-hydroxylation sites is 1. The van der Waals surface area contributed by atoms with E-state index in [-0.39, 0.29) is 5.91 Å². The van der Waals surface area contributed by atoms with Crippen molar-refractivity contribution < 1.29 is 9.53 Å². The van der Waals surface area contributed by atoms with Crippen LogP contribution in [0.3, 0.4) is 0 Å². The van der Waals surface area contributed by atoms with Gasteiger partial charge in [0.15, 0.2) is 0 Å². The number of thiophene rings is 1. The van der Waals surface area contributed by atoms with Crippen LogP contribution in [0.1, 0.15) is 27.9 Å². The molecule has 0 atom stereocenters. The van der Waals surface area contributed by atoms with Gasteiger partial charge in [-0.05, 0) is 30.5 Å². The number of aryl methyl sites for hydroxylation is 1. The largest absolute Gasteiger partial charge is 0.489 e. The van der Waals surface area contributed by atoms with Gasteiger partial charge < -0.3 is 10.1 Å². The molecule has 0 aliphatic carbocycles. The Balaban J connectivity index is 1.56. The van der Waals surface area contributed by atoms with Gasteiger partial charge in [-0.15, -0.1) is 11.3 Å². The molecule has 0 fully saturated rings. The van der Waals surface area contributed by atoms with Gasteiger partial charge in [-0.3, -0.25) is 9.48 Å². The molecule has 1 amide bonds. The summed E-state index contributed by atoms with van der Waals surface area (Å²) in [7, 11) is 0. The number of hydrogen-bond acceptors (Lipinski definition) is 4. The summed E-state index contributed by atoms with van der Waals surface area (Å²) in [5.74, 6) is 0.679. The van der Waals surface area contributed by atoms with Gasteiger partial charge in [-0.1, -0.05) is 29.8 Å². The molecule has 2 heterocycles. The zero-order valence-corrected chi connectivity index (χ0v) is 15.3. The fraction of sp³-hybridized carbons (Fsp3) is 0.222. The maximum absolute atomic E-state index is 12.3. The van der Waals surface area contributed by atoms with Gasteiger partial charge in [0.25, 0.3) is 5.91 Å². The van der Waals surface area contributed by atoms with Crippen molar-refractivity contribution in [2.24, 2.45) is 0 Å². The second kappa shape index (κ2) is 8.18. The number of hydrogen-bond donors (Lipinski definition) is 1. The Morgan fingerprint density at radius 1 is 1.36 bits per heavy atom. The highest BCUT2D eigenvalue weighted by Gasteiger charge is 2.13. The number of ether oxygens (including phenoxy) is 1. The van der Waals surface area contributed by atoms with Crippen molar-refractivity contribution in [2.45, 2.75) is 26.6 Å². The lowest BCUT2D eigenvalue weighted by molar-refractivity contribution is 0.0954. The minimum atomic E-state index is -0.129. The van der Waals surface area contributed by atoms with Gasteiger partial charge in [-0.25, -0.2) is 0 Å². The Bertz CT molecular complexity index is 845. The molecule has 0 bridgehead atoms. The highest BCUT2D eigenvalue weighted by Crippen LogP contribution is 2.19. The van der Waals surface area contributed by atoms with Crippen molar-refractivity contribution in [1.29, 1.82) is 0 Å². The molecule has 7 heteroatoms. The molecule has 0 spiro atoms. The molecule has 3 aromatic rings. The van der Waals surface area contributed by atoms with E-state index in [0.717, 1.165) is 17.0 Å². The van der Waals surface area contributed by atoms with Crippen molar-refractivity contribution >= 4 is 28.8 Å². The average Bonchev–Trinajstić information content (AvgIpc) is 3.25. The van der Waals surface area contributed by atoms with Gasteiger partial charge in [0.1, 0.15) is 12.4 Å². The lowest BCUT2D eigenvalue weighted by Crippen LogP contribution is -2.23. The molecule has 0 saturated heterocycles. The van der Waals surface area contributed by atoms with Crippen molar-refractivity contribution in [3.8, 4) is 5.75 Å². The predicted octanol–water partition coefficient (Wildman–Crippen LogP) is 4.13. The quantitative estimate of drug-likeness (QED) is 0.675.